The number of halogens is 2. The summed E-state index contributed by atoms with van der Waals surface area (Å²) in [6.45, 7) is 0.461. The number of carbonyl (C=O) groups is 1. The molecular formula is C12H14ClFN2O2. The van der Waals surface area contributed by atoms with E-state index in [1.165, 1.54) is 0 Å². The highest BCUT2D eigenvalue weighted by atomic mass is 35.5. The number of hydrogen-bond acceptors (Lipinski definition) is 3. The number of likely N-dealkylation sites (tertiary alicyclic amines) is 1. The lowest BCUT2D eigenvalue weighted by molar-refractivity contribution is 0.0502. The fourth-order valence-corrected chi connectivity index (χ4v) is 2.37. The molecule has 1 amide bonds. The van der Waals surface area contributed by atoms with Crippen LogP contribution in [-0.2, 0) is 0 Å². The lowest BCUT2D eigenvalue weighted by atomic mass is 10.0. The SMILES string of the molecule is O=C(c1cc(F)cnc1Cl)N1CCCCC1CO. The number of rotatable bonds is 2. The second-order valence-corrected chi connectivity index (χ2v) is 4.68. The van der Waals surface area contributed by atoms with Crippen LogP contribution in [0.5, 0.6) is 0 Å². The molecule has 0 radical (unpaired) electrons. The molecule has 6 heteroatoms. The van der Waals surface area contributed by atoms with Crippen LogP contribution < -0.4 is 0 Å². The Kier molecular flexibility index (Phi) is 4.14. The summed E-state index contributed by atoms with van der Waals surface area (Å²) in [5.41, 5.74) is 0.0528. The second-order valence-electron chi connectivity index (χ2n) is 4.32. The number of pyridine rings is 1. The first-order valence-corrected chi connectivity index (χ1v) is 6.24. The van der Waals surface area contributed by atoms with E-state index in [9.17, 15) is 14.3 Å². The van der Waals surface area contributed by atoms with Gasteiger partial charge in [0.25, 0.3) is 5.91 Å². The molecular weight excluding hydrogens is 259 g/mol. The summed E-state index contributed by atoms with van der Waals surface area (Å²) in [7, 11) is 0. The van der Waals surface area contributed by atoms with Gasteiger partial charge in [0, 0.05) is 6.54 Å². The molecule has 0 saturated carbocycles. The molecule has 2 rings (SSSR count). The number of aromatic nitrogens is 1. The molecule has 1 aromatic heterocycles. The number of piperidine rings is 1. The summed E-state index contributed by atoms with van der Waals surface area (Å²) in [6, 6.07) is 0.867. The first-order chi connectivity index (χ1) is 8.63. The first-order valence-electron chi connectivity index (χ1n) is 5.86. The van der Waals surface area contributed by atoms with E-state index in [-0.39, 0.29) is 29.3 Å². The van der Waals surface area contributed by atoms with Crippen molar-refractivity contribution in [3.63, 3.8) is 0 Å². The number of nitrogens with zero attached hydrogens (tertiary/aromatic N) is 2. The van der Waals surface area contributed by atoms with Gasteiger partial charge >= 0.3 is 0 Å². The van der Waals surface area contributed by atoms with Crippen molar-refractivity contribution in [3.8, 4) is 0 Å². The summed E-state index contributed by atoms with van der Waals surface area (Å²) < 4.78 is 13.1. The standard InChI is InChI=1S/C12H14ClFN2O2/c13-11-10(5-8(14)6-15-11)12(18)16-4-2-1-3-9(16)7-17/h5-6,9,17H,1-4,7H2. The van der Waals surface area contributed by atoms with Crippen LogP contribution in [0, 0.1) is 5.82 Å². The molecule has 1 aliphatic rings. The topological polar surface area (TPSA) is 53.4 Å². The normalized spacial score (nSPS) is 19.9. The third-order valence-corrected chi connectivity index (χ3v) is 3.44. The molecule has 1 saturated heterocycles. The van der Waals surface area contributed by atoms with Crippen molar-refractivity contribution < 1.29 is 14.3 Å². The minimum Gasteiger partial charge on any atom is -0.394 e. The number of hydrogen-bond donors (Lipinski definition) is 1. The Morgan fingerprint density at radius 1 is 1.61 bits per heavy atom. The van der Waals surface area contributed by atoms with E-state index >= 15 is 0 Å². The fraction of sp³-hybridized carbons (Fsp3) is 0.500. The van der Waals surface area contributed by atoms with Crippen LogP contribution in [0.3, 0.4) is 0 Å². The van der Waals surface area contributed by atoms with Crippen molar-refractivity contribution in [1.29, 1.82) is 0 Å². The van der Waals surface area contributed by atoms with Crippen LogP contribution in [0.2, 0.25) is 5.15 Å². The van der Waals surface area contributed by atoms with E-state index < -0.39 is 5.82 Å². The maximum absolute atomic E-state index is 13.1. The summed E-state index contributed by atoms with van der Waals surface area (Å²) in [5.74, 6) is -0.967. The van der Waals surface area contributed by atoms with Gasteiger partial charge in [0.2, 0.25) is 0 Å². The number of aliphatic hydroxyl groups excluding tert-OH is 1. The summed E-state index contributed by atoms with van der Waals surface area (Å²) >= 11 is 5.81. The molecule has 1 aliphatic heterocycles. The molecule has 1 aromatic rings. The van der Waals surface area contributed by atoms with Crippen molar-refractivity contribution in [1.82, 2.24) is 9.88 Å². The van der Waals surface area contributed by atoms with E-state index in [0.29, 0.717) is 6.54 Å². The molecule has 1 fully saturated rings. The van der Waals surface area contributed by atoms with Gasteiger partial charge in [-0.05, 0) is 25.3 Å². The largest absolute Gasteiger partial charge is 0.394 e. The zero-order valence-corrected chi connectivity index (χ0v) is 10.5. The number of amides is 1. The third kappa shape index (κ3) is 2.62. The van der Waals surface area contributed by atoms with Crippen molar-refractivity contribution in [2.75, 3.05) is 13.2 Å². The molecule has 18 heavy (non-hydrogen) atoms. The Balaban J connectivity index is 2.26. The summed E-state index contributed by atoms with van der Waals surface area (Å²) in [5, 5.41) is 9.25. The molecule has 1 atom stereocenters. The predicted octanol–water partition coefficient (Wildman–Crippen LogP) is 1.86. The molecule has 0 spiro atoms. The molecule has 4 nitrogen and oxygen atoms in total. The van der Waals surface area contributed by atoms with E-state index in [1.54, 1.807) is 4.90 Å². The quantitative estimate of drug-likeness (QED) is 0.836. The van der Waals surface area contributed by atoms with E-state index in [4.69, 9.17) is 11.6 Å². The molecule has 98 valence electrons. The van der Waals surface area contributed by atoms with Crippen molar-refractivity contribution in [2.45, 2.75) is 25.3 Å². The van der Waals surface area contributed by atoms with Gasteiger partial charge in [-0.3, -0.25) is 4.79 Å². The molecule has 2 heterocycles. The highest BCUT2D eigenvalue weighted by Crippen LogP contribution is 2.22. The summed E-state index contributed by atoms with van der Waals surface area (Å²) in [6.07, 6.45) is 3.58. The lowest BCUT2D eigenvalue weighted by Gasteiger charge is -2.34. The maximum Gasteiger partial charge on any atom is 0.257 e. The monoisotopic (exact) mass is 272 g/mol. The van der Waals surface area contributed by atoms with Gasteiger partial charge in [-0.15, -0.1) is 0 Å². The van der Waals surface area contributed by atoms with Crippen LogP contribution in [0.1, 0.15) is 29.6 Å². The zero-order chi connectivity index (χ0) is 13.1. The Bertz CT molecular complexity index is 456. The lowest BCUT2D eigenvalue weighted by Crippen LogP contribution is -2.45. The molecule has 1 unspecified atom stereocenters. The highest BCUT2D eigenvalue weighted by molar-refractivity contribution is 6.32. The molecule has 0 aromatic carbocycles. The van der Waals surface area contributed by atoms with Crippen LogP contribution in [0.4, 0.5) is 4.39 Å². The van der Waals surface area contributed by atoms with Gasteiger partial charge in [0.1, 0.15) is 11.0 Å². The van der Waals surface area contributed by atoms with Crippen LogP contribution in [0.15, 0.2) is 12.3 Å². The van der Waals surface area contributed by atoms with Crippen LogP contribution >= 0.6 is 11.6 Å². The zero-order valence-electron chi connectivity index (χ0n) is 9.77. The maximum atomic E-state index is 13.1. The van der Waals surface area contributed by atoms with E-state index in [2.05, 4.69) is 4.98 Å². The smallest absolute Gasteiger partial charge is 0.257 e. The van der Waals surface area contributed by atoms with Crippen LogP contribution in [-0.4, -0.2) is 40.1 Å². The van der Waals surface area contributed by atoms with Crippen molar-refractivity contribution >= 4 is 17.5 Å². The van der Waals surface area contributed by atoms with Gasteiger partial charge in [0.15, 0.2) is 0 Å². The minimum atomic E-state index is -0.597. The predicted molar refractivity (Wildman–Crippen MR) is 65.0 cm³/mol. The Morgan fingerprint density at radius 3 is 3.11 bits per heavy atom. The van der Waals surface area contributed by atoms with Gasteiger partial charge in [-0.1, -0.05) is 11.6 Å². The Morgan fingerprint density at radius 2 is 2.39 bits per heavy atom. The molecule has 0 aliphatic carbocycles. The Labute approximate surface area is 109 Å². The molecule has 1 N–H and O–H groups in total. The van der Waals surface area contributed by atoms with Crippen LogP contribution in [0.25, 0.3) is 0 Å². The van der Waals surface area contributed by atoms with Gasteiger partial charge < -0.3 is 10.0 Å². The van der Waals surface area contributed by atoms with Gasteiger partial charge in [-0.2, -0.15) is 0 Å². The van der Waals surface area contributed by atoms with Gasteiger partial charge in [0.05, 0.1) is 24.4 Å². The minimum absolute atomic E-state index is 0.0105. The van der Waals surface area contributed by atoms with E-state index in [1.807, 2.05) is 0 Å². The Hall–Kier alpha value is -1.20. The number of aliphatic hydroxyl groups is 1. The van der Waals surface area contributed by atoms with E-state index in [0.717, 1.165) is 31.5 Å². The second kappa shape index (κ2) is 5.63. The van der Waals surface area contributed by atoms with Gasteiger partial charge in [-0.25, -0.2) is 9.37 Å². The van der Waals surface area contributed by atoms with Crippen molar-refractivity contribution in [2.24, 2.45) is 0 Å². The third-order valence-electron chi connectivity index (χ3n) is 3.13. The molecule has 0 bridgehead atoms. The average Bonchev–Trinajstić information content (AvgIpc) is 2.40. The first kappa shape index (κ1) is 13.2. The average molecular weight is 273 g/mol. The van der Waals surface area contributed by atoms with Crippen molar-refractivity contribution in [3.05, 3.63) is 28.8 Å². The fourth-order valence-electron chi connectivity index (χ4n) is 2.19. The number of carbonyl (C=O) groups excluding carboxylic acids is 1. The highest BCUT2D eigenvalue weighted by Gasteiger charge is 2.28. The summed E-state index contributed by atoms with van der Waals surface area (Å²) in [4.78, 5) is 17.4.